The van der Waals surface area contributed by atoms with E-state index in [-0.39, 0.29) is 5.91 Å². The average molecular weight is 356 g/mol. The van der Waals surface area contributed by atoms with Crippen LogP contribution in [0.25, 0.3) is 0 Å². The van der Waals surface area contributed by atoms with Crippen molar-refractivity contribution in [2.24, 2.45) is 5.92 Å². The van der Waals surface area contributed by atoms with Gasteiger partial charge in [0.2, 0.25) is 0 Å². The van der Waals surface area contributed by atoms with Gasteiger partial charge in [0, 0.05) is 17.5 Å². The zero-order chi connectivity index (χ0) is 17.4. The Morgan fingerprint density at radius 3 is 2.68 bits per heavy atom. The smallest absolute Gasteiger partial charge is 0.264 e. The number of rotatable bonds is 5. The van der Waals surface area contributed by atoms with Gasteiger partial charge in [-0.05, 0) is 67.3 Å². The Kier molecular flexibility index (Phi) is 4.55. The molecule has 0 N–H and O–H groups in total. The molecule has 1 amide bonds. The number of amides is 1. The third-order valence-corrected chi connectivity index (χ3v) is 6.53. The van der Waals surface area contributed by atoms with E-state index in [2.05, 4.69) is 30.0 Å². The van der Waals surface area contributed by atoms with Crippen LogP contribution in [0.1, 0.15) is 51.9 Å². The third-order valence-electron chi connectivity index (χ3n) is 5.30. The van der Waals surface area contributed by atoms with Crippen molar-refractivity contribution in [2.45, 2.75) is 51.6 Å². The van der Waals surface area contributed by atoms with Crippen molar-refractivity contribution in [2.75, 3.05) is 7.11 Å². The molecule has 25 heavy (non-hydrogen) atoms. The number of hydrogen-bond donors (Lipinski definition) is 0. The Morgan fingerprint density at radius 2 is 2.00 bits per heavy atom. The van der Waals surface area contributed by atoms with Gasteiger partial charge in [-0.15, -0.1) is 11.3 Å². The third kappa shape index (κ3) is 3.59. The van der Waals surface area contributed by atoms with Gasteiger partial charge in [0.25, 0.3) is 5.91 Å². The van der Waals surface area contributed by atoms with Crippen molar-refractivity contribution in [1.82, 2.24) is 4.90 Å². The molecule has 0 spiro atoms. The highest BCUT2D eigenvalue weighted by Gasteiger charge is 2.34. The Balaban J connectivity index is 1.53. The maximum Gasteiger partial charge on any atom is 0.264 e. The second-order valence-electron chi connectivity index (χ2n) is 7.42. The molecule has 0 bridgehead atoms. The van der Waals surface area contributed by atoms with Gasteiger partial charge >= 0.3 is 0 Å². The van der Waals surface area contributed by atoms with E-state index in [1.807, 2.05) is 12.1 Å². The van der Waals surface area contributed by atoms with Crippen LogP contribution in [0.4, 0.5) is 0 Å². The van der Waals surface area contributed by atoms with E-state index in [9.17, 15) is 4.79 Å². The van der Waals surface area contributed by atoms with Crippen LogP contribution in [-0.4, -0.2) is 24.0 Å². The second kappa shape index (κ2) is 6.83. The minimum Gasteiger partial charge on any atom is -0.497 e. The molecule has 1 atom stereocenters. The first-order chi connectivity index (χ1) is 12.1. The summed E-state index contributed by atoms with van der Waals surface area (Å²) >= 11 is 1.72. The standard InChI is InChI=1S/C21H25NO2S/c1-14-3-10-19-16(11-14)12-20(25-19)21(23)22(17-6-7-17)13-15-4-8-18(24-2)9-5-15/h4-5,8-9,12,14,17H,3,6-7,10-11,13H2,1-2H3/t14-/m1/s1. The molecule has 0 saturated heterocycles. The van der Waals surface area contributed by atoms with E-state index < -0.39 is 0 Å². The maximum absolute atomic E-state index is 13.2. The second-order valence-corrected chi connectivity index (χ2v) is 8.56. The summed E-state index contributed by atoms with van der Waals surface area (Å²) in [6.07, 6.45) is 5.77. The summed E-state index contributed by atoms with van der Waals surface area (Å²) in [5.74, 6) is 1.81. The molecule has 0 aliphatic heterocycles. The van der Waals surface area contributed by atoms with E-state index in [0.29, 0.717) is 12.6 Å². The largest absolute Gasteiger partial charge is 0.497 e. The van der Waals surface area contributed by atoms with Crippen LogP contribution >= 0.6 is 11.3 Å². The molecule has 0 radical (unpaired) electrons. The number of carbonyl (C=O) groups is 1. The number of ether oxygens (including phenoxy) is 1. The summed E-state index contributed by atoms with van der Waals surface area (Å²) in [5, 5.41) is 0. The van der Waals surface area contributed by atoms with Crippen LogP contribution in [0, 0.1) is 5.92 Å². The summed E-state index contributed by atoms with van der Waals surface area (Å²) in [6.45, 7) is 2.99. The fraction of sp³-hybridized carbons (Fsp3) is 0.476. The normalized spacial score (nSPS) is 19.4. The summed E-state index contributed by atoms with van der Waals surface area (Å²) < 4.78 is 5.23. The Hall–Kier alpha value is -1.81. The topological polar surface area (TPSA) is 29.5 Å². The number of hydrogen-bond acceptors (Lipinski definition) is 3. The van der Waals surface area contributed by atoms with E-state index in [1.54, 1.807) is 18.4 Å². The van der Waals surface area contributed by atoms with Crippen molar-refractivity contribution in [3.8, 4) is 5.75 Å². The number of thiophene rings is 1. The first-order valence-corrected chi connectivity index (χ1v) is 10.0. The summed E-state index contributed by atoms with van der Waals surface area (Å²) in [6, 6.07) is 10.6. The molecule has 2 aliphatic carbocycles. The SMILES string of the molecule is COc1ccc(CN(C(=O)c2cc3c(s2)CC[C@@H](C)C3)C2CC2)cc1. The lowest BCUT2D eigenvalue weighted by atomic mass is 9.90. The van der Waals surface area contributed by atoms with E-state index in [1.165, 1.54) is 16.9 Å². The minimum atomic E-state index is 0.213. The Bertz CT molecular complexity index is 761. The predicted octanol–water partition coefficient (Wildman–Crippen LogP) is 4.69. The van der Waals surface area contributed by atoms with Crippen LogP contribution in [-0.2, 0) is 19.4 Å². The lowest BCUT2D eigenvalue weighted by Crippen LogP contribution is -2.32. The summed E-state index contributed by atoms with van der Waals surface area (Å²) in [4.78, 5) is 17.6. The zero-order valence-corrected chi connectivity index (χ0v) is 15.8. The number of carbonyl (C=O) groups excluding carboxylic acids is 1. The van der Waals surface area contributed by atoms with Gasteiger partial charge in [-0.1, -0.05) is 19.1 Å². The van der Waals surface area contributed by atoms with Crippen LogP contribution in [0.2, 0.25) is 0 Å². The number of methoxy groups -OCH3 is 1. The molecule has 1 aromatic carbocycles. The molecule has 1 saturated carbocycles. The van der Waals surface area contributed by atoms with Crippen molar-refractivity contribution in [3.63, 3.8) is 0 Å². The molecule has 3 nitrogen and oxygen atoms in total. The van der Waals surface area contributed by atoms with Gasteiger partial charge in [-0.3, -0.25) is 4.79 Å². The molecule has 0 unspecified atom stereocenters. The molecule has 132 valence electrons. The molecular formula is C21H25NO2S. The highest BCUT2D eigenvalue weighted by Crippen LogP contribution is 2.35. The fourth-order valence-corrected chi connectivity index (χ4v) is 4.80. The number of aryl methyl sites for hydroxylation is 1. The van der Waals surface area contributed by atoms with Crippen LogP contribution in [0.15, 0.2) is 30.3 Å². The first-order valence-electron chi connectivity index (χ1n) is 9.19. The average Bonchev–Trinajstić information content (AvgIpc) is 3.38. The monoisotopic (exact) mass is 355 g/mol. The molecule has 1 fully saturated rings. The van der Waals surface area contributed by atoms with Crippen LogP contribution in [0.3, 0.4) is 0 Å². The van der Waals surface area contributed by atoms with Crippen molar-refractivity contribution < 1.29 is 9.53 Å². The lowest BCUT2D eigenvalue weighted by molar-refractivity contribution is 0.0735. The number of nitrogens with zero attached hydrogens (tertiary/aromatic N) is 1. The molecule has 2 aliphatic rings. The van der Waals surface area contributed by atoms with Crippen molar-refractivity contribution >= 4 is 17.2 Å². The first kappa shape index (κ1) is 16.6. The quantitative estimate of drug-likeness (QED) is 0.779. The van der Waals surface area contributed by atoms with E-state index in [4.69, 9.17) is 4.74 Å². The van der Waals surface area contributed by atoms with Gasteiger partial charge in [0.05, 0.1) is 12.0 Å². The molecule has 2 aromatic rings. The fourth-order valence-electron chi connectivity index (χ4n) is 3.63. The highest BCUT2D eigenvalue weighted by molar-refractivity contribution is 7.14. The maximum atomic E-state index is 13.2. The van der Waals surface area contributed by atoms with Crippen LogP contribution < -0.4 is 4.74 Å². The Labute approximate surface area is 153 Å². The van der Waals surface area contributed by atoms with Crippen molar-refractivity contribution in [1.29, 1.82) is 0 Å². The van der Waals surface area contributed by atoms with E-state index >= 15 is 0 Å². The molecule has 4 heteroatoms. The zero-order valence-electron chi connectivity index (χ0n) is 15.0. The summed E-state index contributed by atoms with van der Waals surface area (Å²) in [7, 11) is 1.68. The van der Waals surface area contributed by atoms with Crippen molar-refractivity contribution in [3.05, 3.63) is 51.2 Å². The van der Waals surface area contributed by atoms with Gasteiger partial charge in [-0.25, -0.2) is 0 Å². The van der Waals surface area contributed by atoms with Gasteiger partial charge in [0.1, 0.15) is 5.75 Å². The van der Waals surface area contributed by atoms with Crippen LogP contribution in [0.5, 0.6) is 5.75 Å². The van der Waals surface area contributed by atoms with Gasteiger partial charge in [-0.2, -0.15) is 0 Å². The molecular weight excluding hydrogens is 330 g/mol. The van der Waals surface area contributed by atoms with Gasteiger partial charge in [0.15, 0.2) is 0 Å². The molecule has 1 heterocycles. The van der Waals surface area contributed by atoms with Gasteiger partial charge < -0.3 is 9.64 Å². The predicted molar refractivity (Wildman–Crippen MR) is 101 cm³/mol. The molecule has 1 aromatic heterocycles. The summed E-state index contributed by atoms with van der Waals surface area (Å²) in [5.41, 5.74) is 2.57. The minimum absolute atomic E-state index is 0.213. The lowest BCUT2D eigenvalue weighted by Gasteiger charge is -2.22. The van der Waals surface area contributed by atoms with E-state index in [0.717, 1.165) is 47.8 Å². The molecule has 4 rings (SSSR count). The number of benzene rings is 1. The number of fused-ring (bicyclic) bond motifs is 1. The highest BCUT2D eigenvalue weighted by atomic mass is 32.1. The Morgan fingerprint density at radius 1 is 1.24 bits per heavy atom.